The Labute approximate surface area is 210 Å². The maximum atomic E-state index is 5.96. The maximum absolute atomic E-state index is 5.96. The van der Waals surface area contributed by atoms with Crippen LogP contribution in [0.1, 0.15) is 37.2 Å². The third-order valence-corrected chi connectivity index (χ3v) is 8.33. The monoisotopic (exact) mass is 488 g/mol. The Hall–Kier alpha value is -2.81. The van der Waals surface area contributed by atoms with E-state index in [0.29, 0.717) is 5.92 Å². The molecule has 182 valence electrons. The Balaban J connectivity index is 1.22. The molecule has 4 heterocycles. The van der Waals surface area contributed by atoms with Gasteiger partial charge in [0.05, 0.1) is 6.20 Å². The van der Waals surface area contributed by atoms with Crippen molar-refractivity contribution in [1.82, 2.24) is 29.0 Å². The van der Waals surface area contributed by atoms with Crippen LogP contribution in [0.15, 0.2) is 61.2 Å². The fourth-order valence-corrected chi connectivity index (χ4v) is 6.17. The molecule has 8 heteroatoms. The number of rotatable bonds is 6. The van der Waals surface area contributed by atoms with Crippen molar-refractivity contribution < 1.29 is 4.18 Å². The lowest BCUT2D eigenvalue weighted by molar-refractivity contribution is 0.0878. The number of H-pyrrole nitrogens is 1. The Morgan fingerprint density at radius 2 is 1.80 bits per heavy atom. The zero-order valence-corrected chi connectivity index (χ0v) is 21.0. The van der Waals surface area contributed by atoms with Crippen molar-refractivity contribution in [1.29, 1.82) is 0 Å². The SMILES string of the molecule is CN1CCN(C2CCC(c3cnc4c(c3)c(-c3cn[nH]c3)cn4SOc3ccccc3)CC2)CC1. The van der Waals surface area contributed by atoms with E-state index in [1.54, 1.807) is 0 Å². The highest BCUT2D eigenvalue weighted by Crippen LogP contribution is 2.38. The number of piperazine rings is 1. The van der Waals surface area contributed by atoms with Crippen LogP contribution < -0.4 is 4.18 Å². The minimum absolute atomic E-state index is 0.574. The molecule has 0 spiro atoms. The third-order valence-electron chi connectivity index (χ3n) is 7.62. The van der Waals surface area contributed by atoms with E-state index in [4.69, 9.17) is 9.17 Å². The average Bonchev–Trinajstić information content (AvgIpc) is 3.57. The molecule has 0 bridgehead atoms. The smallest absolute Gasteiger partial charge is 0.185 e. The lowest BCUT2D eigenvalue weighted by atomic mass is 9.81. The van der Waals surface area contributed by atoms with Crippen LogP contribution in [-0.4, -0.2) is 68.2 Å². The summed E-state index contributed by atoms with van der Waals surface area (Å²) in [5, 5.41) is 8.28. The third kappa shape index (κ3) is 4.83. The van der Waals surface area contributed by atoms with Crippen molar-refractivity contribution in [2.75, 3.05) is 33.2 Å². The van der Waals surface area contributed by atoms with Crippen LogP contribution in [0.5, 0.6) is 5.75 Å². The molecule has 1 aliphatic carbocycles. The number of hydrogen-bond donors (Lipinski definition) is 1. The Kier molecular flexibility index (Phi) is 6.50. The zero-order chi connectivity index (χ0) is 23.6. The lowest BCUT2D eigenvalue weighted by Gasteiger charge is -2.41. The first kappa shape index (κ1) is 22.6. The number of pyridine rings is 1. The summed E-state index contributed by atoms with van der Waals surface area (Å²) in [5.74, 6) is 1.39. The largest absolute Gasteiger partial charge is 0.405 e. The highest BCUT2D eigenvalue weighted by atomic mass is 32.2. The van der Waals surface area contributed by atoms with Crippen LogP contribution in [0.4, 0.5) is 0 Å². The van der Waals surface area contributed by atoms with Gasteiger partial charge in [-0.25, -0.2) is 8.96 Å². The van der Waals surface area contributed by atoms with E-state index >= 15 is 0 Å². The maximum Gasteiger partial charge on any atom is 0.185 e. The minimum atomic E-state index is 0.574. The molecule has 0 atom stereocenters. The Morgan fingerprint density at radius 3 is 2.54 bits per heavy atom. The predicted molar refractivity (Wildman–Crippen MR) is 141 cm³/mol. The van der Waals surface area contributed by atoms with Gasteiger partial charge in [-0.15, -0.1) is 0 Å². The topological polar surface area (TPSA) is 62.2 Å². The number of nitrogens with one attached hydrogen (secondary N) is 1. The predicted octanol–water partition coefficient (Wildman–Crippen LogP) is 5.19. The number of likely N-dealkylation sites (N-methyl/N-ethyl adjacent to an activating group) is 1. The molecular weight excluding hydrogens is 456 g/mol. The lowest BCUT2D eigenvalue weighted by Crippen LogP contribution is -2.49. The first-order chi connectivity index (χ1) is 17.2. The van der Waals surface area contributed by atoms with Gasteiger partial charge in [0, 0.05) is 67.3 Å². The van der Waals surface area contributed by atoms with Crippen molar-refractivity contribution >= 4 is 23.3 Å². The van der Waals surface area contributed by atoms with E-state index in [-0.39, 0.29) is 0 Å². The molecule has 1 saturated carbocycles. The molecule has 4 aromatic rings. The normalized spacial score (nSPS) is 22.0. The number of nitrogens with zero attached hydrogens (tertiary/aromatic N) is 5. The van der Waals surface area contributed by atoms with Crippen molar-refractivity contribution in [3.8, 4) is 16.9 Å². The molecule has 0 radical (unpaired) electrons. The molecule has 7 nitrogen and oxygen atoms in total. The van der Waals surface area contributed by atoms with Crippen LogP contribution in [0.3, 0.4) is 0 Å². The molecule has 1 saturated heterocycles. The zero-order valence-electron chi connectivity index (χ0n) is 20.1. The standard InChI is InChI=1S/C27H32N6OS/c1-31-11-13-32(14-12-31)23-9-7-20(8-10-23)21-15-25-26(22-17-29-30-18-22)19-33(27(25)28-16-21)35-34-24-5-3-2-4-6-24/h2-6,15-20,23H,7-14H2,1H3,(H,29,30). The molecule has 1 aromatic carbocycles. The summed E-state index contributed by atoms with van der Waals surface area (Å²) < 4.78 is 7.97. The summed E-state index contributed by atoms with van der Waals surface area (Å²) in [7, 11) is 2.23. The van der Waals surface area contributed by atoms with Gasteiger partial charge >= 0.3 is 0 Å². The first-order valence-corrected chi connectivity index (χ1v) is 13.3. The highest BCUT2D eigenvalue weighted by Gasteiger charge is 2.29. The van der Waals surface area contributed by atoms with Crippen molar-refractivity contribution in [2.24, 2.45) is 0 Å². The molecular formula is C27H32N6OS. The minimum Gasteiger partial charge on any atom is -0.405 e. The van der Waals surface area contributed by atoms with Gasteiger partial charge in [0.15, 0.2) is 17.9 Å². The molecule has 2 fully saturated rings. The molecule has 3 aromatic heterocycles. The van der Waals surface area contributed by atoms with E-state index in [9.17, 15) is 0 Å². The Morgan fingerprint density at radius 1 is 1.00 bits per heavy atom. The van der Waals surface area contributed by atoms with Crippen molar-refractivity contribution in [2.45, 2.75) is 37.6 Å². The van der Waals surface area contributed by atoms with Gasteiger partial charge in [0.25, 0.3) is 0 Å². The van der Waals surface area contributed by atoms with Gasteiger partial charge in [-0.2, -0.15) is 5.10 Å². The van der Waals surface area contributed by atoms with E-state index in [0.717, 1.165) is 34.0 Å². The first-order valence-electron chi connectivity index (χ1n) is 12.6. The van der Waals surface area contributed by atoms with Gasteiger partial charge in [-0.3, -0.25) is 10.00 Å². The summed E-state index contributed by atoms with van der Waals surface area (Å²) in [5.41, 5.74) is 4.45. The molecule has 0 unspecified atom stereocenters. The molecule has 0 amide bonds. The van der Waals surface area contributed by atoms with Crippen LogP contribution in [-0.2, 0) is 0 Å². The Bertz CT molecular complexity index is 1240. The number of aromatic amines is 1. The van der Waals surface area contributed by atoms with Gasteiger partial charge in [-0.05, 0) is 62.4 Å². The molecule has 1 N–H and O–H groups in total. The second kappa shape index (κ2) is 10.0. The van der Waals surface area contributed by atoms with E-state index in [1.807, 2.05) is 46.7 Å². The van der Waals surface area contributed by atoms with Crippen LogP contribution >= 0.6 is 12.2 Å². The van der Waals surface area contributed by atoms with E-state index in [2.05, 4.69) is 45.5 Å². The van der Waals surface area contributed by atoms with E-state index < -0.39 is 0 Å². The summed E-state index contributed by atoms with van der Waals surface area (Å²) in [6, 6.07) is 12.9. The van der Waals surface area contributed by atoms with Crippen molar-refractivity contribution in [3.05, 3.63) is 66.7 Å². The highest BCUT2D eigenvalue weighted by molar-refractivity contribution is 7.93. The molecule has 1 aliphatic heterocycles. The second-order valence-corrected chi connectivity index (χ2v) is 10.5. The number of benzene rings is 1. The van der Waals surface area contributed by atoms with Gasteiger partial charge in [-0.1, -0.05) is 18.2 Å². The van der Waals surface area contributed by atoms with Crippen molar-refractivity contribution in [3.63, 3.8) is 0 Å². The fourth-order valence-electron chi connectivity index (χ4n) is 5.52. The summed E-state index contributed by atoms with van der Waals surface area (Å²) in [6.07, 6.45) is 13.0. The van der Waals surface area contributed by atoms with Gasteiger partial charge in [0.1, 0.15) is 5.75 Å². The number of aromatic nitrogens is 4. The number of fused-ring (bicyclic) bond motifs is 1. The summed E-state index contributed by atoms with van der Waals surface area (Å²) in [6.45, 7) is 4.81. The van der Waals surface area contributed by atoms with Crippen LogP contribution in [0.25, 0.3) is 22.2 Å². The fraction of sp³-hybridized carbons (Fsp3) is 0.407. The van der Waals surface area contributed by atoms with Crippen LogP contribution in [0.2, 0.25) is 0 Å². The number of para-hydroxylation sites is 1. The van der Waals surface area contributed by atoms with Gasteiger partial charge in [0.2, 0.25) is 0 Å². The van der Waals surface area contributed by atoms with Gasteiger partial charge < -0.3 is 9.08 Å². The molecule has 6 rings (SSSR count). The molecule has 2 aliphatic rings. The second-order valence-electron chi connectivity index (χ2n) is 9.81. The number of hydrogen-bond acceptors (Lipinski definition) is 6. The quantitative estimate of drug-likeness (QED) is 0.377. The summed E-state index contributed by atoms with van der Waals surface area (Å²) in [4.78, 5) is 10.1. The average molecular weight is 489 g/mol. The summed E-state index contributed by atoms with van der Waals surface area (Å²) >= 11 is 1.29. The molecule has 35 heavy (non-hydrogen) atoms. The van der Waals surface area contributed by atoms with Crippen LogP contribution in [0, 0.1) is 0 Å². The van der Waals surface area contributed by atoms with E-state index in [1.165, 1.54) is 69.7 Å².